The number of methoxy groups -OCH3 is 1. The Morgan fingerprint density at radius 3 is 2.67 bits per heavy atom. The molecule has 0 N–H and O–H groups in total. The second-order valence-corrected chi connectivity index (χ2v) is 7.66. The third-order valence-electron chi connectivity index (χ3n) is 5.20. The van der Waals surface area contributed by atoms with E-state index in [-0.39, 0.29) is 30.4 Å². The average molecular weight is 407 g/mol. The number of fused-ring (bicyclic) bond motifs is 1. The Hall–Kier alpha value is -3.35. The summed E-state index contributed by atoms with van der Waals surface area (Å²) in [5.74, 6) is 0.929. The minimum Gasteiger partial charge on any atom is -0.495 e. The fourth-order valence-electron chi connectivity index (χ4n) is 3.97. The van der Waals surface area contributed by atoms with Crippen LogP contribution in [0.15, 0.2) is 48.5 Å². The van der Waals surface area contributed by atoms with E-state index in [0.717, 1.165) is 22.5 Å². The van der Waals surface area contributed by atoms with Crippen molar-refractivity contribution in [2.75, 3.05) is 18.6 Å². The van der Waals surface area contributed by atoms with Gasteiger partial charge >= 0.3 is 5.97 Å². The number of carbonyl (C=O) groups excluding carboxylic acids is 2. The molecule has 3 aromatic rings. The normalized spacial score (nSPS) is 16.5. The standard InChI is InChI=1S/C23H25N3O4/c1-15(2)30-22(28)14-26-18-9-5-4-8-17(18)24-23(26)16-12-21(27)25(13-16)19-10-6-7-11-20(19)29-3/h4-11,15-16H,12-14H2,1-3H3/t16-/m1/s1. The topological polar surface area (TPSA) is 73.7 Å². The molecular weight excluding hydrogens is 382 g/mol. The van der Waals surface area contributed by atoms with Gasteiger partial charge in [0.25, 0.3) is 0 Å². The molecule has 7 heteroatoms. The maximum atomic E-state index is 12.9. The van der Waals surface area contributed by atoms with Gasteiger partial charge in [-0.3, -0.25) is 9.59 Å². The Bertz CT molecular complexity index is 1090. The maximum Gasteiger partial charge on any atom is 0.326 e. The summed E-state index contributed by atoms with van der Waals surface area (Å²) in [5, 5.41) is 0. The zero-order valence-electron chi connectivity index (χ0n) is 17.4. The molecule has 0 radical (unpaired) electrons. The summed E-state index contributed by atoms with van der Waals surface area (Å²) in [6, 6.07) is 15.2. The van der Waals surface area contributed by atoms with Crippen molar-refractivity contribution in [3.63, 3.8) is 0 Å². The fraction of sp³-hybridized carbons (Fsp3) is 0.348. The van der Waals surface area contributed by atoms with Crippen LogP contribution in [0.25, 0.3) is 11.0 Å². The zero-order valence-corrected chi connectivity index (χ0v) is 17.4. The lowest BCUT2D eigenvalue weighted by Gasteiger charge is -2.19. The van der Waals surface area contributed by atoms with Gasteiger partial charge in [0.2, 0.25) is 5.91 Å². The molecule has 1 aliphatic rings. The first-order valence-corrected chi connectivity index (χ1v) is 10.1. The molecule has 2 heterocycles. The Labute approximate surface area is 175 Å². The van der Waals surface area contributed by atoms with Crippen molar-refractivity contribution >= 4 is 28.6 Å². The molecule has 1 aliphatic heterocycles. The summed E-state index contributed by atoms with van der Waals surface area (Å²) in [6.07, 6.45) is 0.130. The van der Waals surface area contributed by atoms with E-state index in [1.807, 2.05) is 66.9 Å². The largest absolute Gasteiger partial charge is 0.495 e. The number of hydrogen-bond donors (Lipinski definition) is 0. The van der Waals surface area contributed by atoms with Gasteiger partial charge in [-0.25, -0.2) is 4.98 Å². The van der Waals surface area contributed by atoms with Gasteiger partial charge in [-0.15, -0.1) is 0 Å². The van der Waals surface area contributed by atoms with Crippen molar-refractivity contribution in [2.24, 2.45) is 0 Å². The van der Waals surface area contributed by atoms with Crippen molar-refractivity contribution in [2.45, 2.75) is 38.8 Å². The molecule has 156 valence electrons. The molecule has 0 spiro atoms. The average Bonchev–Trinajstić information content (AvgIpc) is 3.28. The Morgan fingerprint density at radius 2 is 1.90 bits per heavy atom. The van der Waals surface area contributed by atoms with Crippen LogP contribution in [0.1, 0.15) is 32.0 Å². The number of hydrogen-bond acceptors (Lipinski definition) is 5. The van der Waals surface area contributed by atoms with Crippen LogP contribution in [0.3, 0.4) is 0 Å². The van der Waals surface area contributed by atoms with E-state index < -0.39 is 0 Å². The summed E-state index contributed by atoms with van der Waals surface area (Å²) in [6.45, 7) is 4.19. The summed E-state index contributed by atoms with van der Waals surface area (Å²) in [4.78, 5) is 31.8. The number of anilines is 1. The highest BCUT2D eigenvalue weighted by Crippen LogP contribution is 2.37. The third-order valence-corrected chi connectivity index (χ3v) is 5.20. The number of para-hydroxylation sites is 4. The van der Waals surface area contributed by atoms with Crippen LogP contribution in [-0.2, 0) is 20.9 Å². The van der Waals surface area contributed by atoms with Gasteiger partial charge in [0.15, 0.2) is 0 Å². The second-order valence-electron chi connectivity index (χ2n) is 7.66. The van der Waals surface area contributed by atoms with Gasteiger partial charge in [-0.2, -0.15) is 0 Å². The van der Waals surface area contributed by atoms with Gasteiger partial charge in [-0.05, 0) is 38.1 Å². The minimum absolute atomic E-state index is 0.00728. The molecule has 7 nitrogen and oxygen atoms in total. The molecule has 1 fully saturated rings. The van der Waals surface area contributed by atoms with Crippen LogP contribution in [0.4, 0.5) is 5.69 Å². The number of imidazole rings is 1. The van der Waals surface area contributed by atoms with Crippen molar-refractivity contribution in [3.8, 4) is 5.75 Å². The summed E-state index contributed by atoms with van der Waals surface area (Å²) in [7, 11) is 1.59. The SMILES string of the molecule is COc1ccccc1N1C[C@H](c2nc3ccccc3n2CC(=O)OC(C)C)CC1=O. The molecular formula is C23H25N3O4. The fourth-order valence-corrected chi connectivity index (χ4v) is 3.97. The number of aromatic nitrogens is 2. The van der Waals surface area contributed by atoms with Crippen molar-refractivity contribution in [3.05, 3.63) is 54.4 Å². The number of nitrogens with zero attached hydrogens (tertiary/aromatic N) is 3. The number of carbonyl (C=O) groups is 2. The van der Waals surface area contributed by atoms with E-state index in [9.17, 15) is 9.59 Å². The number of rotatable bonds is 6. The molecule has 0 saturated carbocycles. The van der Waals surface area contributed by atoms with Crippen LogP contribution in [0.2, 0.25) is 0 Å². The van der Waals surface area contributed by atoms with E-state index >= 15 is 0 Å². The molecule has 1 aromatic heterocycles. The Morgan fingerprint density at radius 1 is 1.17 bits per heavy atom. The molecule has 1 atom stereocenters. The number of benzene rings is 2. The molecule has 0 unspecified atom stereocenters. The Balaban J connectivity index is 1.68. The predicted octanol–water partition coefficient (Wildman–Crippen LogP) is 3.52. The molecule has 0 bridgehead atoms. The van der Waals surface area contributed by atoms with Crippen LogP contribution >= 0.6 is 0 Å². The van der Waals surface area contributed by atoms with Crippen LogP contribution in [0, 0.1) is 0 Å². The highest BCUT2D eigenvalue weighted by atomic mass is 16.5. The van der Waals surface area contributed by atoms with Crippen molar-refractivity contribution in [1.82, 2.24) is 9.55 Å². The van der Waals surface area contributed by atoms with E-state index in [1.54, 1.807) is 12.0 Å². The lowest BCUT2D eigenvalue weighted by Crippen LogP contribution is -2.25. The van der Waals surface area contributed by atoms with Gasteiger partial charge in [0, 0.05) is 18.9 Å². The summed E-state index contributed by atoms with van der Waals surface area (Å²) < 4.78 is 12.7. The lowest BCUT2D eigenvalue weighted by molar-refractivity contribution is -0.148. The maximum absolute atomic E-state index is 12.9. The first kappa shape index (κ1) is 19.9. The third kappa shape index (κ3) is 3.75. The minimum atomic E-state index is -0.319. The zero-order chi connectivity index (χ0) is 21.3. The molecule has 0 aliphatic carbocycles. The molecule has 2 aromatic carbocycles. The molecule has 30 heavy (non-hydrogen) atoms. The van der Waals surface area contributed by atoms with E-state index in [0.29, 0.717) is 18.7 Å². The Kier molecular flexibility index (Phi) is 5.44. The van der Waals surface area contributed by atoms with Gasteiger partial charge in [0.1, 0.15) is 18.1 Å². The van der Waals surface area contributed by atoms with Gasteiger partial charge in [-0.1, -0.05) is 24.3 Å². The highest BCUT2D eigenvalue weighted by molar-refractivity contribution is 5.98. The van der Waals surface area contributed by atoms with Gasteiger partial charge in [0.05, 0.1) is 29.9 Å². The first-order valence-electron chi connectivity index (χ1n) is 10.1. The molecule has 1 saturated heterocycles. The number of amides is 1. The quantitative estimate of drug-likeness (QED) is 0.585. The summed E-state index contributed by atoms with van der Waals surface area (Å²) in [5.41, 5.74) is 2.40. The molecule has 4 rings (SSSR count). The summed E-state index contributed by atoms with van der Waals surface area (Å²) >= 11 is 0. The van der Waals surface area contributed by atoms with E-state index in [1.165, 1.54) is 0 Å². The van der Waals surface area contributed by atoms with Crippen molar-refractivity contribution < 1.29 is 19.1 Å². The van der Waals surface area contributed by atoms with Crippen LogP contribution < -0.4 is 9.64 Å². The van der Waals surface area contributed by atoms with Crippen molar-refractivity contribution in [1.29, 1.82) is 0 Å². The smallest absolute Gasteiger partial charge is 0.326 e. The molecule has 1 amide bonds. The second kappa shape index (κ2) is 8.18. The predicted molar refractivity (Wildman–Crippen MR) is 114 cm³/mol. The number of esters is 1. The highest BCUT2D eigenvalue weighted by Gasteiger charge is 2.36. The first-order chi connectivity index (χ1) is 14.5. The van der Waals surface area contributed by atoms with Gasteiger partial charge < -0.3 is 18.9 Å². The van der Waals surface area contributed by atoms with E-state index in [4.69, 9.17) is 14.5 Å². The number of ether oxygens (including phenoxy) is 2. The monoisotopic (exact) mass is 407 g/mol. The lowest BCUT2D eigenvalue weighted by atomic mass is 10.1. The van der Waals surface area contributed by atoms with Crippen LogP contribution in [-0.4, -0.2) is 41.2 Å². The van der Waals surface area contributed by atoms with Crippen LogP contribution in [0.5, 0.6) is 5.75 Å². The van der Waals surface area contributed by atoms with E-state index in [2.05, 4.69) is 0 Å².